The van der Waals surface area contributed by atoms with Gasteiger partial charge in [0.15, 0.2) is 11.4 Å². The first-order valence-electron chi connectivity index (χ1n) is 10.9. The van der Waals surface area contributed by atoms with Crippen molar-refractivity contribution in [2.75, 3.05) is 0 Å². The average molecular weight is 423 g/mol. The molecule has 4 rings (SSSR count). The predicted molar refractivity (Wildman–Crippen MR) is 126 cm³/mol. The molecule has 3 aromatic carbocycles. The predicted octanol–water partition coefficient (Wildman–Crippen LogP) is 6.49. The Kier molecular flexibility index (Phi) is 5.92. The number of carbonyl (C=O) groups is 1. The summed E-state index contributed by atoms with van der Waals surface area (Å²) in [6.45, 7) is 6.10. The smallest absolute Gasteiger partial charge is 0.165 e. The van der Waals surface area contributed by atoms with Gasteiger partial charge in [0, 0.05) is 24.0 Å². The van der Waals surface area contributed by atoms with Gasteiger partial charge in [-0.15, -0.1) is 0 Å². The number of nitrogens with zero attached hydrogens (tertiary/aromatic N) is 2. The first-order chi connectivity index (χ1) is 15.4. The molecule has 0 fully saturated rings. The molecule has 0 spiro atoms. The second-order valence-electron chi connectivity index (χ2n) is 8.88. The van der Waals surface area contributed by atoms with Crippen molar-refractivity contribution in [1.29, 1.82) is 5.26 Å². The lowest BCUT2D eigenvalue weighted by atomic mass is 9.87. The number of benzene rings is 3. The van der Waals surface area contributed by atoms with Crippen LogP contribution in [-0.2, 0) is 10.4 Å². The molecular formula is C28H26N2O2. The lowest BCUT2D eigenvalue weighted by Crippen LogP contribution is -2.22. The third-order valence-electron chi connectivity index (χ3n) is 5.79. The SMILES string of the molecule is CC(C)CC(=O)c1cc(C2=NOC(C)(c3ccccc3)C2)cc(-c2ccccc2C#N)c1. The minimum absolute atomic E-state index is 0.0860. The van der Waals surface area contributed by atoms with Crippen LogP contribution in [0, 0.1) is 17.2 Å². The molecular weight excluding hydrogens is 396 g/mol. The molecule has 0 bridgehead atoms. The summed E-state index contributed by atoms with van der Waals surface area (Å²) in [6, 6.07) is 25.5. The normalized spacial score (nSPS) is 17.5. The quantitative estimate of drug-likeness (QED) is 0.426. The van der Waals surface area contributed by atoms with Crippen LogP contribution < -0.4 is 0 Å². The molecule has 1 heterocycles. The van der Waals surface area contributed by atoms with Gasteiger partial charge in [-0.25, -0.2) is 0 Å². The van der Waals surface area contributed by atoms with Crippen LogP contribution in [0.2, 0.25) is 0 Å². The summed E-state index contributed by atoms with van der Waals surface area (Å²) in [7, 11) is 0. The van der Waals surface area contributed by atoms with Crippen LogP contribution in [0.4, 0.5) is 0 Å². The number of Topliss-reactive ketones (excluding diaryl/α,β-unsaturated/α-hetero) is 1. The van der Waals surface area contributed by atoms with E-state index in [1.807, 2.05) is 87.5 Å². The molecule has 0 saturated carbocycles. The van der Waals surface area contributed by atoms with E-state index >= 15 is 0 Å². The molecule has 3 aromatic rings. The van der Waals surface area contributed by atoms with Crippen LogP contribution in [-0.4, -0.2) is 11.5 Å². The van der Waals surface area contributed by atoms with Gasteiger partial charge in [-0.1, -0.05) is 67.5 Å². The largest absolute Gasteiger partial charge is 0.384 e. The lowest BCUT2D eigenvalue weighted by molar-refractivity contribution is -0.00738. The number of ketones is 1. The summed E-state index contributed by atoms with van der Waals surface area (Å²) in [5, 5.41) is 14.0. The van der Waals surface area contributed by atoms with E-state index in [1.54, 1.807) is 6.07 Å². The van der Waals surface area contributed by atoms with Crippen molar-refractivity contribution in [2.24, 2.45) is 11.1 Å². The molecule has 0 aliphatic carbocycles. The highest BCUT2D eigenvalue weighted by Crippen LogP contribution is 2.37. The van der Waals surface area contributed by atoms with Gasteiger partial charge in [0.25, 0.3) is 0 Å². The number of rotatable bonds is 6. The first-order valence-corrected chi connectivity index (χ1v) is 10.9. The summed E-state index contributed by atoms with van der Waals surface area (Å²) in [5.74, 6) is 0.345. The summed E-state index contributed by atoms with van der Waals surface area (Å²) >= 11 is 0. The van der Waals surface area contributed by atoms with Crippen molar-refractivity contribution in [2.45, 2.75) is 39.2 Å². The number of nitriles is 1. The minimum atomic E-state index is -0.556. The lowest BCUT2D eigenvalue weighted by Gasteiger charge is -2.21. The molecule has 4 nitrogen and oxygen atoms in total. The molecule has 4 heteroatoms. The molecule has 0 N–H and O–H groups in total. The highest BCUT2D eigenvalue weighted by Gasteiger charge is 2.36. The van der Waals surface area contributed by atoms with Crippen LogP contribution in [0.25, 0.3) is 11.1 Å². The number of carbonyl (C=O) groups excluding carboxylic acids is 1. The molecule has 160 valence electrons. The van der Waals surface area contributed by atoms with Gasteiger partial charge in [-0.05, 0) is 53.8 Å². The number of hydrogen-bond donors (Lipinski definition) is 0. The van der Waals surface area contributed by atoms with Crippen LogP contribution >= 0.6 is 0 Å². The van der Waals surface area contributed by atoms with Gasteiger partial charge in [0.1, 0.15) is 0 Å². The summed E-state index contributed by atoms with van der Waals surface area (Å²) < 4.78 is 0. The van der Waals surface area contributed by atoms with Crippen molar-refractivity contribution in [3.05, 3.63) is 95.1 Å². The fraction of sp³-hybridized carbons (Fsp3) is 0.250. The maximum absolute atomic E-state index is 13.0. The van der Waals surface area contributed by atoms with Gasteiger partial charge >= 0.3 is 0 Å². The van der Waals surface area contributed by atoms with E-state index < -0.39 is 5.60 Å². The molecule has 0 radical (unpaired) electrons. The second-order valence-corrected chi connectivity index (χ2v) is 8.88. The van der Waals surface area contributed by atoms with E-state index in [0.29, 0.717) is 24.0 Å². The van der Waals surface area contributed by atoms with Crippen LogP contribution in [0.5, 0.6) is 0 Å². The third kappa shape index (κ3) is 4.33. The number of oxime groups is 1. The van der Waals surface area contributed by atoms with Crippen LogP contribution in [0.15, 0.2) is 78.0 Å². The first kappa shape index (κ1) is 21.5. The summed E-state index contributed by atoms with van der Waals surface area (Å²) in [6.07, 6.45) is 1.06. The monoisotopic (exact) mass is 422 g/mol. The van der Waals surface area contributed by atoms with Gasteiger partial charge in [0.2, 0.25) is 0 Å². The Bertz CT molecular complexity index is 1220. The van der Waals surface area contributed by atoms with Crippen molar-refractivity contribution < 1.29 is 9.63 Å². The Balaban J connectivity index is 1.77. The van der Waals surface area contributed by atoms with Crippen LogP contribution in [0.3, 0.4) is 0 Å². The Labute approximate surface area is 189 Å². The average Bonchev–Trinajstić information content (AvgIpc) is 3.22. The third-order valence-corrected chi connectivity index (χ3v) is 5.79. The van der Waals surface area contributed by atoms with Gasteiger partial charge in [0.05, 0.1) is 17.3 Å². The highest BCUT2D eigenvalue weighted by atomic mass is 16.7. The molecule has 1 unspecified atom stereocenters. The number of hydrogen-bond acceptors (Lipinski definition) is 4. The van der Waals surface area contributed by atoms with Gasteiger partial charge in [-0.2, -0.15) is 5.26 Å². The summed E-state index contributed by atoms with van der Waals surface area (Å²) in [5.41, 5.74) is 5.00. The Morgan fingerprint density at radius 2 is 1.75 bits per heavy atom. The van der Waals surface area contributed by atoms with E-state index in [0.717, 1.165) is 28.0 Å². The van der Waals surface area contributed by atoms with Crippen LogP contribution in [0.1, 0.15) is 60.7 Å². The molecule has 0 amide bonds. The Morgan fingerprint density at radius 1 is 1.06 bits per heavy atom. The molecule has 1 aliphatic heterocycles. The van der Waals surface area contributed by atoms with E-state index in [-0.39, 0.29) is 11.7 Å². The van der Waals surface area contributed by atoms with Gasteiger partial charge < -0.3 is 4.84 Å². The molecule has 1 aliphatic rings. The topological polar surface area (TPSA) is 62.4 Å². The zero-order valence-electron chi connectivity index (χ0n) is 18.6. The maximum atomic E-state index is 13.0. The molecule has 1 atom stereocenters. The minimum Gasteiger partial charge on any atom is -0.384 e. The Hall–Kier alpha value is -3.71. The van der Waals surface area contributed by atoms with Crippen molar-refractivity contribution >= 4 is 11.5 Å². The second kappa shape index (κ2) is 8.80. The van der Waals surface area contributed by atoms with E-state index in [9.17, 15) is 10.1 Å². The zero-order chi connectivity index (χ0) is 22.7. The van der Waals surface area contributed by atoms with Crippen molar-refractivity contribution in [1.82, 2.24) is 0 Å². The zero-order valence-corrected chi connectivity index (χ0v) is 18.6. The molecule has 32 heavy (non-hydrogen) atoms. The molecule has 0 saturated heterocycles. The Morgan fingerprint density at radius 3 is 2.47 bits per heavy atom. The fourth-order valence-electron chi connectivity index (χ4n) is 4.07. The maximum Gasteiger partial charge on any atom is 0.165 e. The van der Waals surface area contributed by atoms with E-state index in [1.165, 1.54) is 0 Å². The fourth-order valence-corrected chi connectivity index (χ4v) is 4.07. The van der Waals surface area contributed by atoms with E-state index in [2.05, 4.69) is 11.2 Å². The van der Waals surface area contributed by atoms with Crippen molar-refractivity contribution in [3.8, 4) is 17.2 Å². The van der Waals surface area contributed by atoms with Crippen molar-refractivity contribution in [3.63, 3.8) is 0 Å². The standard InChI is InChI=1S/C28H26N2O2/c1-19(2)13-27(31)23-15-21(25-12-8-7-9-20(25)18-29)14-22(16-23)26-17-28(3,32-30-26)24-10-5-4-6-11-24/h4-12,14-16,19H,13,17H2,1-3H3. The highest BCUT2D eigenvalue weighted by molar-refractivity contribution is 6.06. The summed E-state index contributed by atoms with van der Waals surface area (Å²) in [4.78, 5) is 18.9. The molecule has 0 aromatic heterocycles. The van der Waals surface area contributed by atoms with Gasteiger partial charge in [-0.3, -0.25) is 4.79 Å². The van der Waals surface area contributed by atoms with E-state index in [4.69, 9.17) is 4.84 Å².